The summed E-state index contributed by atoms with van der Waals surface area (Å²) in [6.07, 6.45) is 2.97. The molecule has 3 fully saturated rings. The first-order valence-corrected chi connectivity index (χ1v) is 20.3. The highest BCUT2D eigenvalue weighted by molar-refractivity contribution is 9.10. The number of anilines is 2. The normalized spacial score (nSPS) is 26.6. The van der Waals surface area contributed by atoms with Gasteiger partial charge in [0.1, 0.15) is 24.2 Å². The van der Waals surface area contributed by atoms with Gasteiger partial charge < -0.3 is 28.7 Å². The van der Waals surface area contributed by atoms with Crippen molar-refractivity contribution < 1.29 is 23.3 Å². The van der Waals surface area contributed by atoms with Gasteiger partial charge in [-0.1, -0.05) is 66.7 Å². The molecule has 4 aromatic rings. The quantitative estimate of drug-likeness (QED) is 0.170. The number of hydrogen-bond donors (Lipinski definition) is 0. The van der Waals surface area contributed by atoms with Gasteiger partial charge in [-0.15, -0.1) is 0 Å². The van der Waals surface area contributed by atoms with E-state index < -0.39 is 11.8 Å². The third-order valence-electron chi connectivity index (χ3n) is 12.1. The van der Waals surface area contributed by atoms with E-state index in [-0.39, 0.29) is 11.6 Å². The van der Waals surface area contributed by atoms with E-state index >= 15 is 0 Å². The van der Waals surface area contributed by atoms with E-state index in [1.165, 1.54) is 11.1 Å². The maximum absolute atomic E-state index is 14.7. The SMILES string of the molecule is C[C@H]1OC[C@]2(Cc3nc(OC[C@@]45CCCN4C[C@H](F)C5)nc(N4CCCOCC4)c3CO2)c2c1ccc(N(Cc1ccccc1)Cc1ccccc1)c2Br. The number of nitrogens with zero attached hydrogens (tertiary/aromatic N) is 5. The number of hydrogen-bond acceptors (Lipinski definition) is 9. The molecule has 0 aliphatic carbocycles. The number of halogens is 2. The van der Waals surface area contributed by atoms with Crippen LogP contribution in [0.3, 0.4) is 0 Å². The van der Waals surface area contributed by atoms with Crippen LogP contribution >= 0.6 is 15.9 Å². The van der Waals surface area contributed by atoms with Gasteiger partial charge in [0.25, 0.3) is 0 Å². The Balaban J connectivity index is 1.09. The Morgan fingerprint density at radius 1 is 0.944 bits per heavy atom. The van der Waals surface area contributed by atoms with Crippen molar-refractivity contribution in [2.45, 2.75) is 82.1 Å². The fourth-order valence-electron chi connectivity index (χ4n) is 9.39. The number of benzene rings is 3. The van der Waals surface area contributed by atoms with E-state index in [1.54, 1.807) is 0 Å². The second kappa shape index (κ2) is 15.1. The van der Waals surface area contributed by atoms with Crippen LogP contribution < -0.4 is 14.5 Å². The summed E-state index contributed by atoms with van der Waals surface area (Å²) in [7, 11) is 0. The lowest BCUT2D eigenvalue weighted by atomic mass is 9.80. The van der Waals surface area contributed by atoms with Crippen LogP contribution in [-0.4, -0.2) is 79.2 Å². The second-order valence-electron chi connectivity index (χ2n) is 15.7. The zero-order valence-electron chi connectivity index (χ0n) is 31.0. The van der Waals surface area contributed by atoms with Crippen LogP contribution in [0.4, 0.5) is 15.9 Å². The standard InChI is InChI=1S/C43H49BrFN5O4/c1-30-34-14-15-37(49(24-31-10-4-2-5-11-31)25-32-12-6-3-7-13-32)39(44)38(34)43(29-52-30)23-36-35(27-54-43)40(48-17-9-20-51-21-19-48)47-41(46-36)53-28-42-16-8-18-50(42)26-33(45)22-42/h2-7,10-15,30,33H,8-9,16-29H2,1H3/t30-,33-,42+,43-/m1/s1. The number of ether oxygens (including phenoxy) is 4. The largest absolute Gasteiger partial charge is 0.461 e. The smallest absolute Gasteiger partial charge is 0.318 e. The van der Waals surface area contributed by atoms with Crippen molar-refractivity contribution in [3.05, 3.63) is 111 Å². The van der Waals surface area contributed by atoms with Crippen molar-refractivity contribution >= 4 is 27.4 Å². The molecule has 9 rings (SSSR count). The highest BCUT2D eigenvalue weighted by Crippen LogP contribution is 2.51. The fourth-order valence-corrected chi connectivity index (χ4v) is 10.4. The van der Waals surface area contributed by atoms with Crippen LogP contribution in [0.15, 0.2) is 77.3 Å². The van der Waals surface area contributed by atoms with E-state index in [4.69, 9.17) is 28.9 Å². The zero-order chi connectivity index (χ0) is 36.7. The number of alkyl halides is 1. The molecule has 5 aliphatic heterocycles. The molecule has 0 bridgehead atoms. The topological polar surface area (TPSA) is 72.4 Å². The van der Waals surface area contributed by atoms with Crippen molar-refractivity contribution in [2.24, 2.45) is 0 Å². The van der Waals surface area contributed by atoms with Crippen LogP contribution in [-0.2, 0) is 45.9 Å². The van der Waals surface area contributed by atoms with E-state index in [0.717, 1.165) is 97.0 Å². The van der Waals surface area contributed by atoms with Crippen molar-refractivity contribution in [2.75, 3.05) is 62.4 Å². The third kappa shape index (κ3) is 6.91. The molecule has 0 saturated carbocycles. The molecule has 284 valence electrons. The molecule has 3 aromatic carbocycles. The summed E-state index contributed by atoms with van der Waals surface area (Å²) in [6.45, 7) is 9.03. The summed E-state index contributed by atoms with van der Waals surface area (Å²) < 4.78 is 41.7. The first kappa shape index (κ1) is 36.1. The van der Waals surface area contributed by atoms with Crippen molar-refractivity contribution in [1.82, 2.24) is 14.9 Å². The molecular formula is C43H49BrFN5O4. The Hall–Kier alpha value is -3.61. The van der Waals surface area contributed by atoms with Crippen LogP contribution in [0.1, 0.15) is 72.2 Å². The Bertz CT molecular complexity index is 1910. The Morgan fingerprint density at radius 3 is 2.50 bits per heavy atom. The van der Waals surface area contributed by atoms with Gasteiger partial charge in [0, 0.05) is 67.8 Å². The average Bonchev–Trinajstić information content (AvgIpc) is 3.57. The van der Waals surface area contributed by atoms with Gasteiger partial charge in [0.15, 0.2) is 0 Å². The van der Waals surface area contributed by atoms with E-state index in [0.29, 0.717) is 51.8 Å². The minimum absolute atomic E-state index is 0.103. The first-order valence-electron chi connectivity index (χ1n) is 19.6. The van der Waals surface area contributed by atoms with Gasteiger partial charge in [-0.3, -0.25) is 4.90 Å². The van der Waals surface area contributed by atoms with E-state index in [1.807, 2.05) is 0 Å². The monoisotopic (exact) mass is 797 g/mol. The summed E-state index contributed by atoms with van der Waals surface area (Å²) in [5, 5.41) is 0. The highest BCUT2D eigenvalue weighted by atomic mass is 79.9. The van der Waals surface area contributed by atoms with Gasteiger partial charge in [-0.25, -0.2) is 4.39 Å². The van der Waals surface area contributed by atoms with Gasteiger partial charge in [-0.2, -0.15) is 9.97 Å². The molecule has 0 radical (unpaired) electrons. The summed E-state index contributed by atoms with van der Waals surface area (Å²) in [5.41, 5.74) is 6.62. The Labute approximate surface area is 325 Å². The highest BCUT2D eigenvalue weighted by Gasteiger charge is 2.50. The van der Waals surface area contributed by atoms with Crippen LogP contribution in [0.25, 0.3) is 0 Å². The molecule has 6 heterocycles. The molecule has 5 aliphatic rings. The van der Waals surface area contributed by atoms with Crippen LogP contribution in [0.2, 0.25) is 0 Å². The zero-order valence-corrected chi connectivity index (χ0v) is 32.6. The Morgan fingerprint density at radius 2 is 1.72 bits per heavy atom. The molecule has 0 N–H and O–H groups in total. The lowest BCUT2D eigenvalue weighted by Gasteiger charge is -2.45. The number of aromatic nitrogens is 2. The molecular weight excluding hydrogens is 749 g/mol. The van der Waals surface area contributed by atoms with Crippen molar-refractivity contribution in [1.29, 1.82) is 0 Å². The van der Waals surface area contributed by atoms with Gasteiger partial charge >= 0.3 is 6.01 Å². The summed E-state index contributed by atoms with van der Waals surface area (Å²) in [5.74, 6) is 0.848. The Kier molecular flexibility index (Phi) is 10.1. The first-order chi connectivity index (χ1) is 26.4. The summed E-state index contributed by atoms with van der Waals surface area (Å²) in [4.78, 5) is 17.2. The average molecular weight is 799 g/mol. The molecule has 11 heteroatoms. The molecule has 4 atom stereocenters. The van der Waals surface area contributed by atoms with Crippen LogP contribution in [0, 0.1) is 0 Å². The van der Waals surface area contributed by atoms with E-state index in [9.17, 15) is 4.39 Å². The summed E-state index contributed by atoms with van der Waals surface area (Å²) >= 11 is 4.17. The van der Waals surface area contributed by atoms with Gasteiger partial charge in [0.2, 0.25) is 0 Å². The molecule has 9 nitrogen and oxygen atoms in total. The van der Waals surface area contributed by atoms with Crippen molar-refractivity contribution in [3.63, 3.8) is 0 Å². The molecule has 0 amide bonds. The summed E-state index contributed by atoms with van der Waals surface area (Å²) in [6, 6.07) is 26.0. The second-order valence-corrected chi connectivity index (χ2v) is 16.5. The molecule has 1 spiro atoms. The molecule has 3 saturated heterocycles. The lowest BCUT2D eigenvalue weighted by Crippen LogP contribution is -2.46. The van der Waals surface area contributed by atoms with Crippen LogP contribution in [0.5, 0.6) is 6.01 Å². The third-order valence-corrected chi connectivity index (χ3v) is 12.9. The minimum Gasteiger partial charge on any atom is -0.461 e. The number of fused-ring (bicyclic) bond motifs is 4. The maximum atomic E-state index is 14.7. The number of rotatable bonds is 9. The molecule has 0 unspecified atom stereocenters. The minimum atomic E-state index is -0.823. The fraction of sp³-hybridized carbons (Fsp3) is 0.488. The molecule has 54 heavy (non-hydrogen) atoms. The predicted octanol–water partition coefficient (Wildman–Crippen LogP) is 7.69. The lowest BCUT2D eigenvalue weighted by molar-refractivity contribution is -0.148. The predicted molar refractivity (Wildman–Crippen MR) is 210 cm³/mol. The van der Waals surface area contributed by atoms with E-state index in [2.05, 4.69) is 110 Å². The van der Waals surface area contributed by atoms with Crippen molar-refractivity contribution in [3.8, 4) is 6.01 Å². The molecule has 1 aromatic heterocycles. The van der Waals surface area contributed by atoms with Gasteiger partial charge in [0.05, 0.1) is 42.8 Å². The van der Waals surface area contributed by atoms with Gasteiger partial charge in [-0.05, 0) is 71.4 Å². The maximum Gasteiger partial charge on any atom is 0.318 e.